The first-order valence-corrected chi connectivity index (χ1v) is 7.51. The number of hydrogen-bond acceptors (Lipinski definition) is 2. The molecular formula is C18H22ClNO. The van der Waals surface area contributed by atoms with Crippen molar-refractivity contribution in [2.24, 2.45) is 5.92 Å². The summed E-state index contributed by atoms with van der Waals surface area (Å²) in [4.78, 5) is 2.09. The van der Waals surface area contributed by atoms with Crippen LogP contribution < -0.4 is 0 Å². The third-order valence-electron chi connectivity index (χ3n) is 3.85. The van der Waals surface area contributed by atoms with Gasteiger partial charge in [-0.15, -0.1) is 0 Å². The first-order chi connectivity index (χ1) is 9.94. The fraction of sp³-hybridized carbons (Fsp3) is 0.333. The van der Waals surface area contributed by atoms with Crippen LogP contribution in [0.2, 0.25) is 5.02 Å². The summed E-state index contributed by atoms with van der Waals surface area (Å²) in [5.41, 5.74) is 0.741. The first-order valence-electron chi connectivity index (χ1n) is 7.13. The van der Waals surface area contributed by atoms with E-state index in [0.29, 0.717) is 5.02 Å². The highest BCUT2D eigenvalue weighted by Crippen LogP contribution is 2.37. The molecule has 2 aromatic carbocycles. The second-order valence-corrected chi connectivity index (χ2v) is 6.24. The third kappa shape index (κ3) is 3.46. The molecule has 0 saturated heterocycles. The number of aliphatic hydroxyl groups is 1. The van der Waals surface area contributed by atoms with Crippen molar-refractivity contribution in [3.8, 4) is 0 Å². The lowest BCUT2D eigenvalue weighted by molar-refractivity contribution is 0.0134. The fourth-order valence-corrected chi connectivity index (χ4v) is 2.94. The van der Waals surface area contributed by atoms with Gasteiger partial charge in [0.2, 0.25) is 0 Å². The molecule has 0 aliphatic rings. The predicted molar refractivity (Wildman–Crippen MR) is 88.6 cm³/mol. The van der Waals surface area contributed by atoms with Gasteiger partial charge in [0.25, 0.3) is 0 Å². The summed E-state index contributed by atoms with van der Waals surface area (Å²) < 4.78 is 0. The fourth-order valence-electron chi connectivity index (χ4n) is 2.81. The summed E-state index contributed by atoms with van der Waals surface area (Å²) in [6, 6.07) is 17.3. The number of benzene rings is 2. The topological polar surface area (TPSA) is 23.5 Å². The maximum absolute atomic E-state index is 11.5. The molecule has 2 aromatic rings. The van der Waals surface area contributed by atoms with E-state index in [0.717, 1.165) is 17.7 Å². The summed E-state index contributed by atoms with van der Waals surface area (Å²) in [7, 11) is 4.04. The van der Waals surface area contributed by atoms with Gasteiger partial charge in [0.15, 0.2) is 0 Å². The molecule has 0 radical (unpaired) electrons. The largest absolute Gasteiger partial charge is 0.380 e. The van der Waals surface area contributed by atoms with E-state index >= 15 is 0 Å². The number of halogens is 1. The minimum Gasteiger partial charge on any atom is -0.380 e. The Labute approximate surface area is 132 Å². The number of rotatable bonds is 5. The van der Waals surface area contributed by atoms with Gasteiger partial charge in [-0.3, -0.25) is 0 Å². The summed E-state index contributed by atoms with van der Waals surface area (Å²) in [6.07, 6.45) is 0. The van der Waals surface area contributed by atoms with E-state index in [2.05, 4.69) is 11.8 Å². The quantitative estimate of drug-likeness (QED) is 0.909. The van der Waals surface area contributed by atoms with Crippen LogP contribution in [0.1, 0.15) is 18.1 Å². The maximum Gasteiger partial charge on any atom is 0.118 e. The Morgan fingerprint density at radius 3 is 2.05 bits per heavy atom. The Bertz CT molecular complexity index is 568. The molecular weight excluding hydrogens is 282 g/mol. The molecule has 2 unspecified atom stereocenters. The number of nitrogens with zero attached hydrogens (tertiary/aromatic N) is 1. The zero-order valence-corrected chi connectivity index (χ0v) is 13.5. The molecule has 1 N–H and O–H groups in total. The highest BCUT2D eigenvalue weighted by atomic mass is 35.5. The van der Waals surface area contributed by atoms with Crippen LogP contribution in [0, 0.1) is 5.92 Å². The third-order valence-corrected chi connectivity index (χ3v) is 4.10. The highest BCUT2D eigenvalue weighted by molar-refractivity contribution is 6.30. The normalized spacial score (nSPS) is 15.7. The van der Waals surface area contributed by atoms with Crippen LogP contribution in [-0.4, -0.2) is 30.6 Å². The van der Waals surface area contributed by atoms with Gasteiger partial charge >= 0.3 is 0 Å². The molecule has 0 aliphatic carbocycles. The number of hydrogen-bond donors (Lipinski definition) is 1. The van der Waals surface area contributed by atoms with Crippen molar-refractivity contribution in [1.82, 2.24) is 4.90 Å². The maximum atomic E-state index is 11.5. The van der Waals surface area contributed by atoms with Crippen LogP contribution in [-0.2, 0) is 5.60 Å². The standard InChI is InChI=1S/C18H22ClNO/c1-14(13-20(2)3)18(21,15-7-5-4-6-8-15)16-9-11-17(19)12-10-16/h4-12,14,21H,13H2,1-3H3. The highest BCUT2D eigenvalue weighted by Gasteiger charge is 2.37. The molecule has 2 rings (SSSR count). The van der Waals surface area contributed by atoms with Crippen molar-refractivity contribution in [3.05, 3.63) is 70.7 Å². The molecule has 0 spiro atoms. The minimum absolute atomic E-state index is 0.0380. The molecule has 0 aliphatic heterocycles. The van der Waals surface area contributed by atoms with Crippen LogP contribution >= 0.6 is 11.6 Å². The van der Waals surface area contributed by atoms with E-state index in [1.165, 1.54) is 0 Å². The molecule has 21 heavy (non-hydrogen) atoms. The molecule has 0 aromatic heterocycles. The van der Waals surface area contributed by atoms with Crippen LogP contribution in [0.3, 0.4) is 0 Å². The Morgan fingerprint density at radius 1 is 1.00 bits per heavy atom. The van der Waals surface area contributed by atoms with E-state index in [-0.39, 0.29) is 5.92 Å². The van der Waals surface area contributed by atoms with Gasteiger partial charge < -0.3 is 10.0 Å². The minimum atomic E-state index is -1.03. The van der Waals surface area contributed by atoms with Gasteiger partial charge in [-0.2, -0.15) is 0 Å². The summed E-state index contributed by atoms with van der Waals surface area (Å²) in [5, 5.41) is 12.2. The second-order valence-electron chi connectivity index (χ2n) is 5.80. The first kappa shape index (κ1) is 16.0. The molecule has 112 valence electrons. The van der Waals surface area contributed by atoms with Crippen molar-refractivity contribution in [2.75, 3.05) is 20.6 Å². The van der Waals surface area contributed by atoms with Crippen molar-refractivity contribution in [1.29, 1.82) is 0 Å². The molecule has 0 amide bonds. The molecule has 3 heteroatoms. The molecule has 2 atom stereocenters. The predicted octanol–water partition coefficient (Wildman–Crippen LogP) is 3.77. The van der Waals surface area contributed by atoms with E-state index < -0.39 is 5.60 Å². The molecule has 0 saturated carbocycles. The van der Waals surface area contributed by atoms with Gasteiger partial charge in [0.05, 0.1) is 0 Å². The van der Waals surface area contributed by atoms with Gasteiger partial charge in [-0.1, -0.05) is 61.0 Å². The average molecular weight is 304 g/mol. The van der Waals surface area contributed by atoms with Gasteiger partial charge in [0.1, 0.15) is 5.60 Å². The van der Waals surface area contributed by atoms with E-state index in [4.69, 9.17) is 11.6 Å². The van der Waals surface area contributed by atoms with Crippen LogP contribution in [0.4, 0.5) is 0 Å². The SMILES string of the molecule is CC(CN(C)C)C(O)(c1ccccc1)c1ccc(Cl)cc1. The molecule has 2 nitrogen and oxygen atoms in total. The Hall–Kier alpha value is -1.35. The summed E-state index contributed by atoms with van der Waals surface area (Å²) >= 11 is 5.98. The average Bonchev–Trinajstić information content (AvgIpc) is 2.47. The summed E-state index contributed by atoms with van der Waals surface area (Å²) in [6.45, 7) is 2.86. The zero-order chi connectivity index (χ0) is 15.5. The summed E-state index contributed by atoms with van der Waals surface area (Å²) in [5.74, 6) is 0.0380. The smallest absolute Gasteiger partial charge is 0.118 e. The van der Waals surface area contributed by atoms with Crippen LogP contribution in [0.15, 0.2) is 54.6 Å². The van der Waals surface area contributed by atoms with Gasteiger partial charge in [-0.05, 0) is 37.4 Å². The van der Waals surface area contributed by atoms with Crippen molar-refractivity contribution in [2.45, 2.75) is 12.5 Å². The Kier molecular flexibility index (Phi) is 5.04. The van der Waals surface area contributed by atoms with Gasteiger partial charge in [-0.25, -0.2) is 0 Å². The van der Waals surface area contributed by atoms with E-state index in [1.54, 1.807) is 0 Å². The van der Waals surface area contributed by atoms with Crippen molar-refractivity contribution in [3.63, 3.8) is 0 Å². The van der Waals surface area contributed by atoms with Crippen molar-refractivity contribution < 1.29 is 5.11 Å². The molecule has 0 fully saturated rings. The van der Waals surface area contributed by atoms with E-state index in [9.17, 15) is 5.11 Å². The zero-order valence-electron chi connectivity index (χ0n) is 12.8. The molecule has 0 bridgehead atoms. The lowest BCUT2D eigenvalue weighted by Crippen LogP contribution is -2.40. The Balaban J connectivity index is 2.50. The lowest BCUT2D eigenvalue weighted by atomic mass is 9.76. The lowest BCUT2D eigenvalue weighted by Gasteiger charge is -2.36. The monoisotopic (exact) mass is 303 g/mol. The van der Waals surface area contributed by atoms with E-state index in [1.807, 2.05) is 68.7 Å². The Morgan fingerprint density at radius 2 is 1.52 bits per heavy atom. The van der Waals surface area contributed by atoms with Gasteiger partial charge in [0, 0.05) is 17.5 Å². The van der Waals surface area contributed by atoms with Crippen LogP contribution in [0.25, 0.3) is 0 Å². The second kappa shape index (κ2) is 6.61. The van der Waals surface area contributed by atoms with Crippen molar-refractivity contribution >= 4 is 11.6 Å². The van der Waals surface area contributed by atoms with Crippen LogP contribution in [0.5, 0.6) is 0 Å². The molecule has 0 heterocycles.